The van der Waals surface area contributed by atoms with Crippen molar-refractivity contribution in [1.82, 2.24) is 14.3 Å². The third-order valence-corrected chi connectivity index (χ3v) is 6.31. The molecule has 7 heteroatoms. The van der Waals surface area contributed by atoms with Crippen molar-refractivity contribution in [3.8, 4) is 17.0 Å². The number of carbonyl (C=O) groups excluding carboxylic acids is 1. The summed E-state index contributed by atoms with van der Waals surface area (Å²) in [6.07, 6.45) is 4.39. The van der Waals surface area contributed by atoms with Crippen LogP contribution in [-0.4, -0.2) is 46.9 Å². The number of amides is 1. The quantitative estimate of drug-likeness (QED) is 0.724. The maximum Gasteiger partial charge on any atom is 0.264 e. The molecule has 0 saturated carbocycles. The Labute approximate surface area is 176 Å². The van der Waals surface area contributed by atoms with Gasteiger partial charge in [0.15, 0.2) is 6.61 Å². The van der Waals surface area contributed by atoms with E-state index in [0.717, 1.165) is 59.6 Å². The molecule has 2 aromatic heterocycles. The van der Waals surface area contributed by atoms with Gasteiger partial charge in [-0.25, -0.2) is 4.98 Å². The van der Waals surface area contributed by atoms with Crippen LogP contribution < -0.4 is 15.4 Å². The number of nitrogens with zero attached hydrogens (tertiary/aromatic N) is 4. The summed E-state index contributed by atoms with van der Waals surface area (Å²) < 4.78 is 7.70. The molecule has 0 spiro atoms. The van der Waals surface area contributed by atoms with Crippen molar-refractivity contribution in [2.24, 2.45) is 5.92 Å². The Morgan fingerprint density at radius 3 is 2.80 bits per heavy atom. The van der Waals surface area contributed by atoms with Gasteiger partial charge in [-0.15, -0.1) is 0 Å². The Balaban J connectivity index is 1.59. The number of nitrogens with two attached hydrogens (primary N) is 1. The van der Waals surface area contributed by atoms with Crippen molar-refractivity contribution in [2.45, 2.75) is 26.3 Å². The van der Waals surface area contributed by atoms with Crippen LogP contribution >= 0.6 is 0 Å². The van der Waals surface area contributed by atoms with E-state index in [1.807, 2.05) is 36.5 Å². The monoisotopic (exact) mass is 405 g/mol. The SMILES string of the molecule is CC1CCN(Cc2c(-c3ccc4c(c3)N(C)C(=O)CO4)nc3ccc(N)cn23)CC1. The van der Waals surface area contributed by atoms with Crippen LogP contribution in [0.25, 0.3) is 16.9 Å². The number of aromatic nitrogens is 2. The number of hydrogen-bond acceptors (Lipinski definition) is 5. The van der Waals surface area contributed by atoms with Gasteiger partial charge in [0.1, 0.15) is 11.4 Å². The van der Waals surface area contributed by atoms with Crippen LogP contribution in [0.2, 0.25) is 0 Å². The molecule has 0 radical (unpaired) electrons. The van der Waals surface area contributed by atoms with Gasteiger partial charge in [-0.05, 0) is 62.2 Å². The molecule has 156 valence electrons. The first-order valence-electron chi connectivity index (χ1n) is 10.5. The fourth-order valence-electron chi connectivity index (χ4n) is 4.34. The molecule has 1 aromatic carbocycles. The number of likely N-dealkylation sites (N-methyl/N-ethyl adjacent to an activating group) is 1. The minimum atomic E-state index is -0.0508. The molecular weight excluding hydrogens is 378 g/mol. The fraction of sp³-hybridized carbons (Fsp3) is 0.391. The number of benzene rings is 1. The second kappa shape index (κ2) is 7.32. The zero-order valence-corrected chi connectivity index (χ0v) is 17.5. The van der Waals surface area contributed by atoms with Crippen LogP contribution in [0.1, 0.15) is 25.5 Å². The third-order valence-electron chi connectivity index (χ3n) is 6.31. The normalized spacial score (nSPS) is 17.9. The van der Waals surface area contributed by atoms with Gasteiger partial charge in [0.05, 0.1) is 17.1 Å². The number of likely N-dealkylation sites (tertiary alicyclic amines) is 1. The Hall–Kier alpha value is -3.06. The van der Waals surface area contributed by atoms with E-state index in [1.54, 1.807) is 11.9 Å². The molecule has 5 rings (SSSR count). The van der Waals surface area contributed by atoms with Crippen LogP contribution in [0.3, 0.4) is 0 Å². The number of fused-ring (bicyclic) bond motifs is 2. The number of ether oxygens (including phenoxy) is 1. The van der Waals surface area contributed by atoms with Gasteiger partial charge in [0.25, 0.3) is 5.91 Å². The Bertz CT molecular complexity index is 1110. The van der Waals surface area contributed by atoms with Crippen LogP contribution in [0.15, 0.2) is 36.5 Å². The lowest BCUT2D eigenvalue weighted by Gasteiger charge is -2.30. The summed E-state index contributed by atoms with van der Waals surface area (Å²) in [5.41, 5.74) is 11.5. The lowest BCUT2D eigenvalue weighted by Crippen LogP contribution is -2.35. The minimum absolute atomic E-state index is 0.0508. The smallest absolute Gasteiger partial charge is 0.264 e. The van der Waals surface area contributed by atoms with E-state index in [-0.39, 0.29) is 12.5 Å². The highest BCUT2D eigenvalue weighted by Crippen LogP contribution is 2.37. The van der Waals surface area contributed by atoms with E-state index in [4.69, 9.17) is 15.5 Å². The summed E-state index contributed by atoms with van der Waals surface area (Å²) in [4.78, 5) is 21.2. The molecular formula is C23H27N5O2. The van der Waals surface area contributed by atoms with Crippen molar-refractivity contribution in [3.05, 3.63) is 42.2 Å². The number of piperidine rings is 1. The average molecular weight is 406 g/mol. The largest absolute Gasteiger partial charge is 0.482 e. The number of nitrogen functional groups attached to an aromatic ring is 1. The summed E-state index contributed by atoms with van der Waals surface area (Å²) in [5.74, 6) is 1.46. The van der Waals surface area contributed by atoms with Gasteiger partial charge in [-0.3, -0.25) is 9.69 Å². The summed E-state index contributed by atoms with van der Waals surface area (Å²) in [6, 6.07) is 9.79. The van der Waals surface area contributed by atoms with Crippen LogP contribution in [0, 0.1) is 5.92 Å². The molecule has 7 nitrogen and oxygen atoms in total. The van der Waals surface area contributed by atoms with Crippen molar-refractivity contribution >= 4 is 22.9 Å². The Morgan fingerprint density at radius 1 is 1.20 bits per heavy atom. The van der Waals surface area contributed by atoms with Gasteiger partial charge in [0.2, 0.25) is 0 Å². The third kappa shape index (κ3) is 3.29. The molecule has 0 aliphatic carbocycles. The molecule has 0 atom stereocenters. The molecule has 0 unspecified atom stereocenters. The summed E-state index contributed by atoms with van der Waals surface area (Å²) in [7, 11) is 1.79. The van der Waals surface area contributed by atoms with Gasteiger partial charge < -0.3 is 19.8 Å². The second-order valence-corrected chi connectivity index (χ2v) is 8.48. The number of hydrogen-bond donors (Lipinski definition) is 1. The van der Waals surface area contributed by atoms with Crippen molar-refractivity contribution < 1.29 is 9.53 Å². The summed E-state index contributed by atoms with van der Waals surface area (Å²) in [6.45, 7) is 5.39. The molecule has 30 heavy (non-hydrogen) atoms. The average Bonchev–Trinajstić information content (AvgIpc) is 3.10. The number of carbonyl (C=O) groups is 1. The highest BCUT2D eigenvalue weighted by Gasteiger charge is 2.25. The van der Waals surface area contributed by atoms with Crippen molar-refractivity contribution in [3.63, 3.8) is 0 Å². The van der Waals surface area contributed by atoms with Crippen molar-refractivity contribution in [2.75, 3.05) is 37.4 Å². The fourth-order valence-corrected chi connectivity index (χ4v) is 4.34. The minimum Gasteiger partial charge on any atom is -0.482 e. The van der Waals surface area contributed by atoms with Crippen molar-refractivity contribution in [1.29, 1.82) is 0 Å². The van der Waals surface area contributed by atoms with E-state index in [2.05, 4.69) is 16.2 Å². The summed E-state index contributed by atoms with van der Waals surface area (Å²) >= 11 is 0. The summed E-state index contributed by atoms with van der Waals surface area (Å²) in [5, 5.41) is 0. The maximum absolute atomic E-state index is 12.1. The topological polar surface area (TPSA) is 76.1 Å². The number of imidazole rings is 1. The van der Waals surface area contributed by atoms with E-state index in [0.29, 0.717) is 5.69 Å². The Kier molecular flexibility index (Phi) is 4.62. The van der Waals surface area contributed by atoms with E-state index in [9.17, 15) is 4.79 Å². The zero-order valence-electron chi connectivity index (χ0n) is 17.5. The number of anilines is 2. The molecule has 1 fully saturated rings. The first-order valence-corrected chi connectivity index (χ1v) is 10.5. The standard InChI is InChI=1S/C23H27N5O2/c1-15-7-9-27(10-8-15)13-19-23(25-21-6-4-17(24)12-28(19)21)16-3-5-20-18(11-16)26(2)22(29)14-30-20/h3-6,11-12,15H,7-10,13-14,24H2,1-2H3. The lowest BCUT2D eigenvalue weighted by atomic mass is 9.99. The first kappa shape index (κ1) is 18.9. The van der Waals surface area contributed by atoms with Crippen LogP contribution in [0.4, 0.5) is 11.4 Å². The second-order valence-electron chi connectivity index (χ2n) is 8.48. The maximum atomic E-state index is 12.1. The van der Waals surface area contributed by atoms with E-state index < -0.39 is 0 Å². The van der Waals surface area contributed by atoms with Crippen LogP contribution in [0.5, 0.6) is 5.75 Å². The lowest BCUT2D eigenvalue weighted by molar-refractivity contribution is -0.120. The molecule has 4 heterocycles. The van der Waals surface area contributed by atoms with Gasteiger partial charge in [-0.2, -0.15) is 0 Å². The van der Waals surface area contributed by atoms with Gasteiger partial charge in [-0.1, -0.05) is 6.92 Å². The molecule has 2 aliphatic heterocycles. The molecule has 2 aliphatic rings. The van der Waals surface area contributed by atoms with Gasteiger partial charge >= 0.3 is 0 Å². The predicted molar refractivity (Wildman–Crippen MR) is 118 cm³/mol. The van der Waals surface area contributed by atoms with Gasteiger partial charge in [0, 0.05) is 31.0 Å². The number of rotatable bonds is 3. The molecule has 1 saturated heterocycles. The van der Waals surface area contributed by atoms with Crippen LogP contribution in [-0.2, 0) is 11.3 Å². The molecule has 0 bridgehead atoms. The Morgan fingerprint density at radius 2 is 2.00 bits per heavy atom. The van der Waals surface area contributed by atoms with E-state index >= 15 is 0 Å². The first-order chi connectivity index (χ1) is 14.5. The predicted octanol–water partition coefficient (Wildman–Crippen LogP) is 3.17. The molecule has 2 N–H and O–H groups in total. The number of pyridine rings is 1. The zero-order chi connectivity index (χ0) is 20.8. The van der Waals surface area contributed by atoms with E-state index in [1.165, 1.54) is 12.8 Å². The molecule has 1 amide bonds. The highest BCUT2D eigenvalue weighted by atomic mass is 16.5. The highest BCUT2D eigenvalue weighted by molar-refractivity contribution is 5.98. The molecule has 3 aromatic rings.